The molecule has 35 heavy (non-hydrogen) atoms. The van der Waals surface area contributed by atoms with Gasteiger partial charge in [-0.05, 0) is 86.5 Å². The molecule has 2 aromatic carbocycles. The third-order valence-corrected chi connectivity index (χ3v) is 8.75. The van der Waals surface area contributed by atoms with E-state index in [2.05, 4.69) is 106 Å². The Bertz CT molecular complexity index is 1040. The minimum Gasteiger partial charge on any atom is -0.277 e. The van der Waals surface area contributed by atoms with Crippen LogP contribution in [0.3, 0.4) is 0 Å². The van der Waals surface area contributed by atoms with Crippen LogP contribution in [-0.2, 0) is 12.8 Å². The number of benzene rings is 2. The van der Waals surface area contributed by atoms with Crippen molar-refractivity contribution in [2.24, 2.45) is 11.3 Å². The molecule has 0 bridgehead atoms. The van der Waals surface area contributed by atoms with Gasteiger partial charge in [0, 0.05) is 24.4 Å². The van der Waals surface area contributed by atoms with E-state index < -0.39 is 0 Å². The quantitative estimate of drug-likeness (QED) is 0.189. The first-order chi connectivity index (χ1) is 17.0. The number of hydrogen-bond acceptors (Lipinski definition) is 1. The Morgan fingerprint density at radius 3 is 2.26 bits per heavy atom. The lowest BCUT2D eigenvalue weighted by Crippen LogP contribution is -2.50. The van der Waals surface area contributed by atoms with Gasteiger partial charge in [-0.15, -0.1) is 6.58 Å². The second-order valence-electron chi connectivity index (χ2n) is 11.3. The molecule has 0 spiro atoms. The molecule has 1 fully saturated rings. The highest BCUT2D eigenvalue weighted by Crippen LogP contribution is 2.63. The van der Waals surface area contributed by atoms with Gasteiger partial charge in [-0.25, -0.2) is 0 Å². The van der Waals surface area contributed by atoms with Gasteiger partial charge in [0.1, 0.15) is 0 Å². The zero-order valence-corrected chi connectivity index (χ0v) is 22.6. The molecule has 1 atom stereocenters. The largest absolute Gasteiger partial charge is 0.277 e. The highest BCUT2D eigenvalue weighted by molar-refractivity contribution is 5.54. The summed E-state index contributed by atoms with van der Waals surface area (Å²) in [5.41, 5.74) is 6.16. The lowest BCUT2D eigenvalue weighted by atomic mass is 9.79. The van der Waals surface area contributed by atoms with Crippen LogP contribution in [0, 0.1) is 30.1 Å². The van der Waals surface area contributed by atoms with Crippen LogP contribution in [0.1, 0.15) is 87.5 Å². The number of allylic oxidation sites excluding steroid dienone is 1. The van der Waals surface area contributed by atoms with Crippen LogP contribution in [0.25, 0.3) is 0 Å². The van der Waals surface area contributed by atoms with Gasteiger partial charge in [-0.3, -0.25) is 4.90 Å². The van der Waals surface area contributed by atoms with Crippen molar-refractivity contribution in [3.05, 3.63) is 83.4 Å². The van der Waals surface area contributed by atoms with Gasteiger partial charge in [0.15, 0.2) is 5.54 Å². The standard InChI is InChI=1S/C34H45N/c1-6-25-35(34(23-24-34)33(21-22-33)27(3)4)26-11-16-30(7-2)32-19-17-29(18-20-32)13-10-15-31-14-9-8-12-28(31)5/h7-9,12,14,17-20,27,30H,2,6,10-11,13,15-16,21-22,25-26H2,1,3-5H3. The molecular weight excluding hydrogens is 422 g/mol. The van der Waals surface area contributed by atoms with Crippen LogP contribution >= 0.6 is 0 Å². The molecule has 4 rings (SSSR count). The first kappa shape index (κ1) is 25.8. The van der Waals surface area contributed by atoms with Crippen LogP contribution < -0.4 is 0 Å². The van der Waals surface area contributed by atoms with E-state index in [1.165, 1.54) is 54.4 Å². The first-order valence-electron chi connectivity index (χ1n) is 14.0. The number of aryl methyl sites for hydroxylation is 3. The molecule has 2 aliphatic carbocycles. The van der Waals surface area contributed by atoms with Crippen LogP contribution in [-0.4, -0.2) is 23.5 Å². The Hall–Kier alpha value is -2.30. The highest BCUT2D eigenvalue weighted by Gasteiger charge is 2.66. The summed E-state index contributed by atoms with van der Waals surface area (Å²) in [5, 5.41) is 0. The van der Waals surface area contributed by atoms with E-state index in [1.807, 2.05) is 0 Å². The van der Waals surface area contributed by atoms with E-state index in [0.717, 1.165) is 32.4 Å². The van der Waals surface area contributed by atoms with Gasteiger partial charge in [-0.2, -0.15) is 0 Å². The molecule has 1 nitrogen and oxygen atoms in total. The predicted molar refractivity (Wildman–Crippen MR) is 151 cm³/mol. The molecule has 0 heterocycles. The summed E-state index contributed by atoms with van der Waals surface area (Å²) in [6.45, 7) is 15.7. The Balaban J connectivity index is 1.28. The van der Waals surface area contributed by atoms with Gasteiger partial charge >= 0.3 is 0 Å². The molecule has 0 N–H and O–H groups in total. The summed E-state index contributed by atoms with van der Waals surface area (Å²) in [4.78, 5) is 2.69. The lowest BCUT2D eigenvalue weighted by Gasteiger charge is -2.39. The second kappa shape index (κ2) is 11.2. The first-order valence-corrected chi connectivity index (χ1v) is 14.0. The normalized spacial score (nSPS) is 17.7. The molecule has 0 amide bonds. The maximum atomic E-state index is 4.18. The molecule has 2 aliphatic rings. The molecule has 1 unspecified atom stereocenters. The topological polar surface area (TPSA) is 3.24 Å². The summed E-state index contributed by atoms with van der Waals surface area (Å²) in [6.07, 6.45) is 11.8. The lowest BCUT2D eigenvalue weighted by molar-refractivity contribution is 0.101. The summed E-state index contributed by atoms with van der Waals surface area (Å²) in [7, 11) is 0. The fourth-order valence-corrected chi connectivity index (χ4v) is 6.22. The van der Waals surface area contributed by atoms with Crippen molar-refractivity contribution in [3.63, 3.8) is 0 Å². The molecule has 0 saturated heterocycles. The minimum absolute atomic E-state index is 0.0286. The van der Waals surface area contributed by atoms with Crippen LogP contribution in [0.2, 0.25) is 0 Å². The Morgan fingerprint density at radius 1 is 0.971 bits per heavy atom. The van der Waals surface area contributed by atoms with E-state index in [-0.39, 0.29) is 5.54 Å². The van der Waals surface area contributed by atoms with Gasteiger partial charge < -0.3 is 0 Å². The zero-order valence-electron chi connectivity index (χ0n) is 22.6. The minimum atomic E-state index is 0.0286. The third kappa shape index (κ3) is 5.59. The zero-order chi connectivity index (χ0) is 24.9. The second-order valence-corrected chi connectivity index (χ2v) is 11.3. The van der Waals surface area contributed by atoms with Gasteiger partial charge in [0.25, 0.3) is 0 Å². The van der Waals surface area contributed by atoms with E-state index in [1.54, 1.807) is 0 Å². The average molecular weight is 468 g/mol. The predicted octanol–water partition coefficient (Wildman–Crippen LogP) is 8.12. The highest BCUT2D eigenvalue weighted by atomic mass is 15.2. The van der Waals surface area contributed by atoms with Gasteiger partial charge in [0.2, 0.25) is 0 Å². The molecule has 2 aromatic rings. The van der Waals surface area contributed by atoms with E-state index >= 15 is 0 Å². The average Bonchev–Trinajstić information content (AvgIpc) is 3.76. The SMILES string of the molecule is C=CC(CCCN(CCC)C1(C2(C(C)C)CC2)C#C1)c1ccc(CCCc2ccccc2C)cc1. The van der Waals surface area contributed by atoms with Crippen LogP contribution in [0.15, 0.2) is 61.2 Å². The molecule has 1 heteroatoms. The Kier molecular flexibility index (Phi) is 8.23. The van der Waals surface area contributed by atoms with E-state index in [0.29, 0.717) is 17.3 Å². The fourth-order valence-electron chi connectivity index (χ4n) is 6.22. The van der Waals surface area contributed by atoms with Crippen molar-refractivity contribution in [1.29, 1.82) is 0 Å². The summed E-state index contributed by atoms with van der Waals surface area (Å²) in [5.74, 6) is 8.31. The summed E-state index contributed by atoms with van der Waals surface area (Å²) >= 11 is 0. The van der Waals surface area contributed by atoms with Crippen LogP contribution in [0.5, 0.6) is 0 Å². The van der Waals surface area contributed by atoms with Gasteiger partial charge in [0.05, 0.1) is 0 Å². The van der Waals surface area contributed by atoms with Crippen LogP contribution in [0.4, 0.5) is 0 Å². The maximum Gasteiger partial charge on any atom is 0.150 e. The maximum absolute atomic E-state index is 4.18. The molecular formula is C34H45N. The van der Waals surface area contributed by atoms with Crippen molar-refractivity contribution in [2.75, 3.05) is 13.1 Å². The fraction of sp³-hybridized carbons (Fsp3) is 0.529. The van der Waals surface area contributed by atoms with E-state index in [4.69, 9.17) is 0 Å². The Morgan fingerprint density at radius 2 is 1.69 bits per heavy atom. The van der Waals surface area contributed by atoms with Crippen molar-refractivity contribution in [2.45, 2.75) is 90.5 Å². The van der Waals surface area contributed by atoms with E-state index in [9.17, 15) is 0 Å². The molecule has 1 saturated carbocycles. The van der Waals surface area contributed by atoms with Crippen molar-refractivity contribution in [1.82, 2.24) is 4.90 Å². The number of hydrogen-bond donors (Lipinski definition) is 0. The molecule has 0 radical (unpaired) electrons. The van der Waals surface area contributed by atoms with Crippen molar-refractivity contribution in [3.8, 4) is 11.8 Å². The summed E-state index contributed by atoms with van der Waals surface area (Å²) in [6, 6.07) is 18.1. The van der Waals surface area contributed by atoms with Gasteiger partial charge in [-0.1, -0.05) is 87.2 Å². The monoisotopic (exact) mass is 467 g/mol. The smallest absolute Gasteiger partial charge is 0.150 e. The van der Waals surface area contributed by atoms with Crippen molar-refractivity contribution >= 4 is 0 Å². The Labute approximate surface area is 215 Å². The number of rotatable bonds is 15. The summed E-state index contributed by atoms with van der Waals surface area (Å²) < 4.78 is 0. The molecule has 0 aliphatic heterocycles. The number of nitrogens with zero attached hydrogens (tertiary/aromatic N) is 1. The van der Waals surface area contributed by atoms with Crippen molar-refractivity contribution < 1.29 is 0 Å². The molecule has 186 valence electrons. The molecule has 0 aromatic heterocycles. The third-order valence-electron chi connectivity index (χ3n) is 8.75.